The molecule has 0 unspecified atom stereocenters. The number of nitrogens with one attached hydrogen (secondary N) is 1. The van der Waals surface area contributed by atoms with Gasteiger partial charge in [-0.05, 0) is 36.5 Å². The molecule has 0 spiro atoms. The van der Waals surface area contributed by atoms with E-state index < -0.39 is 34.0 Å². The van der Waals surface area contributed by atoms with Crippen molar-refractivity contribution < 1.29 is 21.6 Å². The van der Waals surface area contributed by atoms with Gasteiger partial charge in [-0.15, -0.1) is 0 Å². The molecule has 0 fully saturated rings. The number of hydrogen-bond acceptors (Lipinski definition) is 3. The van der Waals surface area contributed by atoms with E-state index in [1.165, 1.54) is 0 Å². The van der Waals surface area contributed by atoms with Crippen LogP contribution < -0.4 is 5.32 Å². The largest absolute Gasteiger partial charge is 0.389 e. The van der Waals surface area contributed by atoms with Crippen molar-refractivity contribution in [2.24, 2.45) is 0 Å². The summed E-state index contributed by atoms with van der Waals surface area (Å²) in [6.45, 7) is 1.83. The van der Waals surface area contributed by atoms with Crippen molar-refractivity contribution in [3.05, 3.63) is 65.7 Å². The number of benzene rings is 2. The van der Waals surface area contributed by atoms with Crippen LogP contribution in [0.4, 0.5) is 13.2 Å². The van der Waals surface area contributed by atoms with Crippen molar-refractivity contribution in [1.29, 1.82) is 0 Å². The van der Waals surface area contributed by atoms with E-state index in [1.807, 2.05) is 37.3 Å². The van der Waals surface area contributed by atoms with Gasteiger partial charge in [-0.2, -0.15) is 13.2 Å². The molecule has 152 valence electrons. The summed E-state index contributed by atoms with van der Waals surface area (Å²) in [5.74, 6) is -0.214. The summed E-state index contributed by atoms with van der Waals surface area (Å²) in [6.07, 6.45) is -4.72. The fourth-order valence-corrected chi connectivity index (χ4v) is 6.08. The Kier molecular flexibility index (Phi) is 5.87. The van der Waals surface area contributed by atoms with Crippen molar-refractivity contribution in [1.82, 2.24) is 5.32 Å². The highest BCUT2D eigenvalue weighted by Gasteiger charge is 2.42. The molecule has 3 rings (SSSR count). The minimum Gasteiger partial charge on any atom is -0.300 e. The zero-order chi connectivity index (χ0) is 20.4. The Morgan fingerprint density at radius 1 is 1.07 bits per heavy atom. The Morgan fingerprint density at radius 3 is 2.36 bits per heavy atom. The van der Waals surface area contributed by atoms with Crippen LogP contribution in [-0.4, -0.2) is 25.9 Å². The SMILES string of the molecule is CC[C@]1(CCCC(F)(F)F)CS(=O)(=O)c2ccccc2[C@H](c2ccccc2)N1. The Morgan fingerprint density at radius 2 is 1.71 bits per heavy atom. The topological polar surface area (TPSA) is 46.2 Å². The van der Waals surface area contributed by atoms with Crippen LogP contribution in [0.2, 0.25) is 0 Å². The lowest BCUT2D eigenvalue weighted by atomic mass is 9.88. The van der Waals surface area contributed by atoms with Crippen LogP contribution in [-0.2, 0) is 9.84 Å². The lowest BCUT2D eigenvalue weighted by Gasteiger charge is -2.36. The number of rotatable bonds is 5. The molecule has 0 saturated heterocycles. The Balaban J connectivity index is 2.05. The van der Waals surface area contributed by atoms with Gasteiger partial charge in [0.1, 0.15) is 0 Å². The summed E-state index contributed by atoms with van der Waals surface area (Å²) in [4.78, 5) is 0.252. The molecule has 1 N–H and O–H groups in total. The molecule has 3 nitrogen and oxygen atoms in total. The standard InChI is InChI=1S/C21H24F3NO2S/c1-2-20(13-8-14-21(22,23)24)15-28(26,27)18-12-7-6-11-17(18)19(25-20)16-9-4-3-5-10-16/h3-7,9-12,19,25H,2,8,13-15H2,1H3/t19-,20-/m0/s1. The molecule has 0 amide bonds. The summed E-state index contributed by atoms with van der Waals surface area (Å²) >= 11 is 0. The van der Waals surface area contributed by atoms with E-state index in [1.54, 1.807) is 24.3 Å². The van der Waals surface area contributed by atoms with E-state index >= 15 is 0 Å². The average molecular weight is 411 g/mol. The highest BCUT2D eigenvalue weighted by Crippen LogP contribution is 2.38. The van der Waals surface area contributed by atoms with Gasteiger partial charge in [0.25, 0.3) is 0 Å². The number of alkyl halides is 3. The molecule has 1 aliphatic rings. The summed E-state index contributed by atoms with van der Waals surface area (Å²) in [5, 5.41) is 3.45. The smallest absolute Gasteiger partial charge is 0.300 e. The van der Waals surface area contributed by atoms with Gasteiger partial charge in [-0.1, -0.05) is 55.5 Å². The molecule has 0 bridgehead atoms. The Hall–Kier alpha value is -1.86. The Labute approximate surface area is 163 Å². The number of halogens is 3. The first-order chi connectivity index (χ1) is 13.2. The van der Waals surface area contributed by atoms with Gasteiger partial charge in [0.2, 0.25) is 0 Å². The van der Waals surface area contributed by atoms with Crippen LogP contribution in [0.1, 0.15) is 49.8 Å². The lowest BCUT2D eigenvalue weighted by molar-refractivity contribution is -0.136. The highest BCUT2D eigenvalue weighted by molar-refractivity contribution is 7.91. The molecule has 7 heteroatoms. The fourth-order valence-electron chi connectivity index (χ4n) is 3.93. The van der Waals surface area contributed by atoms with Gasteiger partial charge in [-0.3, -0.25) is 5.32 Å². The first-order valence-corrected chi connectivity index (χ1v) is 11.0. The molecule has 2 atom stereocenters. The molecular formula is C21H24F3NO2S. The molecule has 2 aromatic carbocycles. The third-order valence-corrected chi connectivity index (χ3v) is 7.38. The second kappa shape index (κ2) is 7.87. The van der Waals surface area contributed by atoms with Crippen molar-refractivity contribution >= 4 is 9.84 Å². The van der Waals surface area contributed by atoms with E-state index in [0.29, 0.717) is 12.0 Å². The lowest BCUT2D eigenvalue weighted by Crippen LogP contribution is -2.50. The van der Waals surface area contributed by atoms with E-state index in [0.717, 1.165) is 5.56 Å². The number of hydrogen-bond donors (Lipinski definition) is 1. The van der Waals surface area contributed by atoms with Crippen molar-refractivity contribution in [3.8, 4) is 0 Å². The predicted molar refractivity (Wildman–Crippen MR) is 103 cm³/mol. The van der Waals surface area contributed by atoms with Crippen LogP contribution in [0.25, 0.3) is 0 Å². The number of fused-ring (bicyclic) bond motifs is 1. The second-order valence-electron chi connectivity index (χ2n) is 7.39. The van der Waals surface area contributed by atoms with Gasteiger partial charge >= 0.3 is 6.18 Å². The molecular weight excluding hydrogens is 387 g/mol. The fraction of sp³-hybridized carbons (Fsp3) is 0.429. The first-order valence-electron chi connectivity index (χ1n) is 9.37. The third kappa shape index (κ3) is 4.58. The van der Waals surface area contributed by atoms with Crippen molar-refractivity contribution in [2.75, 3.05) is 5.75 Å². The molecule has 0 radical (unpaired) electrons. The molecule has 0 aromatic heterocycles. The van der Waals surface area contributed by atoms with E-state index in [2.05, 4.69) is 5.32 Å². The molecule has 1 heterocycles. The normalized spacial score (nSPS) is 24.4. The number of sulfone groups is 1. The van der Waals surface area contributed by atoms with Gasteiger partial charge in [0, 0.05) is 12.0 Å². The van der Waals surface area contributed by atoms with Crippen LogP contribution in [0, 0.1) is 0 Å². The molecule has 1 aliphatic heterocycles. The van der Waals surface area contributed by atoms with Gasteiger partial charge < -0.3 is 0 Å². The molecule has 28 heavy (non-hydrogen) atoms. The predicted octanol–water partition coefficient (Wildman–Crippen LogP) is 5.03. The van der Waals surface area contributed by atoms with Crippen molar-refractivity contribution in [2.45, 2.75) is 55.3 Å². The maximum absolute atomic E-state index is 13.1. The van der Waals surface area contributed by atoms with Crippen LogP contribution in [0.5, 0.6) is 0 Å². The van der Waals surface area contributed by atoms with E-state index in [4.69, 9.17) is 0 Å². The maximum Gasteiger partial charge on any atom is 0.389 e. The van der Waals surface area contributed by atoms with Gasteiger partial charge in [0.05, 0.1) is 16.7 Å². The quantitative estimate of drug-likeness (QED) is 0.750. The van der Waals surface area contributed by atoms with Gasteiger partial charge in [0.15, 0.2) is 9.84 Å². The summed E-state index contributed by atoms with van der Waals surface area (Å²) in [6, 6.07) is 15.9. The van der Waals surface area contributed by atoms with E-state index in [9.17, 15) is 21.6 Å². The minimum atomic E-state index is -4.25. The summed E-state index contributed by atoms with van der Waals surface area (Å²) < 4.78 is 64.4. The average Bonchev–Trinajstić information content (AvgIpc) is 2.75. The maximum atomic E-state index is 13.1. The third-order valence-electron chi connectivity index (χ3n) is 5.41. The molecule has 0 aliphatic carbocycles. The first kappa shape index (κ1) is 20.9. The van der Waals surface area contributed by atoms with Crippen LogP contribution in [0.3, 0.4) is 0 Å². The molecule has 2 aromatic rings. The zero-order valence-electron chi connectivity index (χ0n) is 15.7. The Bertz CT molecular complexity index is 913. The van der Waals surface area contributed by atoms with Gasteiger partial charge in [-0.25, -0.2) is 8.42 Å². The van der Waals surface area contributed by atoms with Crippen molar-refractivity contribution in [3.63, 3.8) is 0 Å². The minimum absolute atomic E-state index is 0.113. The second-order valence-corrected chi connectivity index (χ2v) is 9.35. The highest BCUT2D eigenvalue weighted by atomic mass is 32.2. The summed E-state index contributed by atoms with van der Waals surface area (Å²) in [5.41, 5.74) is 0.601. The van der Waals surface area contributed by atoms with Crippen LogP contribution in [0.15, 0.2) is 59.5 Å². The zero-order valence-corrected chi connectivity index (χ0v) is 16.5. The van der Waals surface area contributed by atoms with E-state index in [-0.39, 0.29) is 23.5 Å². The van der Waals surface area contributed by atoms with Crippen LogP contribution >= 0.6 is 0 Å². The summed E-state index contributed by atoms with van der Waals surface area (Å²) in [7, 11) is -3.65. The monoisotopic (exact) mass is 411 g/mol. The molecule has 0 saturated carbocycles.